The molecule has 0 saturated carbocycles. The van der Waals surface area contributed by atoms with Crippen molar-refractivity contribution in [3.05, 3.63) is 69.4 Å². The van der Waals surface area contributed by atoms with Crippen molar-refractivity contribution in [2.24, 2.45) is 4.99 Å². The van der Waals surface area contributed by atoms with E-state index in [9.17, 15) is 0 Å². The van der Waals surface area contributed by atoms with Gasteiger partial charge in [-0.2, -0.15) is 0 Å². The molecule has 0 saturated heterocycles. The molecule has 2 nitrogen and oxygen atoms in total. The normalized spacial score (nSPS) is 11.8. The van der Waals surface area contributed by atoms with Gasteiger partial charge in [0, 0.05) is 16.0 Å². The Kier molecular flexibility index (Phi) is 3.72. The van der Waals surface area contributed by atoms with Gasteiger partial charge in [0.05, 0.1) is 5.69 Å². The van der Waals surface area contributed by atoms with E-state index in [0.717, 1.165) is 17.0 Å². The van der Waals surface area contributed by atoms with Crippen LogP contribution < -0.4 is 4.87 Å². The Morgan fingerprint density at radius 2 is 1.70 bits per heavy atom. The highest BCUT2D eigenvalue weighted by atomic mass is 35.5. The van der Waals surface area contributed by atoms with Crippen molar-refractivity contribution in [1.29, 1.82) is 0 Å². The quantitative estimate of drug-likeness (QED) is 0.638. The van der Waals surface area contributed by atoms with Crippen LogP contribution in [0, 0.1) is 6.92 Å². The van der Waals surface area contributed by atoms with Crippen LogP contribution in [0.5, 0.6) is 0 Å². The number of benzene rings is 2. The van der Waals surface area contributed by atoms with Gasteiger partial charge in [0.15, 0.2) is 0 Å². The third-order valence-corrected chi connectivity index (χ3v) is 3.81. The van der Waals surface area contributed by atoms with Gasteiger partial charge in [0.25, 0.3) is 4.87 Å². The van der Waals surface area contributed by atoms with Crippen molar-refractivity contribution in [3.8, 4) is 11.3 Å². The molecule has 0 bridgehead atoms. The number of nitrogens with zero attached hydrogens (tertiary/aromatic N) is 1. The van der Waals surface area contributed by atoms with Crippen LogP contribution in [0.2, 0.25) is 5.02 Å². The lowest BCUT2D eigenvalue weighted by atomic mass is 10.2. The molecule has 0 aliphatic heterocycles. The first-order chi connectivity index (χ1) is 9.70. The Balaban J connectivity index is 1.93. The molecule has 4 heteroatoms. The number of hydrogen-bond acceptors (Lipinski definition) is 3. The summed E-state index contributed by atoms with van der Waals surface area (Å²) in [6, 6.07) is 15.6. The number of aryl methyl sites for hydroxylation is 1. The first kappa shape index (κ1) is 13.2. The molecule has 3 aromatic rings. The Morgan fingerprint density at radius 3 is 2.40 bits per heavy atom. The molecule has 0 aliphatic carbocycles. The molecule has 3 rings (SSSR count). The minimum Gasteiger partial charge on any atom is -0.429 e. The van der Waals surface area contributed by atoms with Gasteiger partial charge in [-0.15, -0.1) is 0 Å². The van der Waals surface area contributed by atoms with E-state index in [-0.39, 0.29) is 0 Å². The SMILES string of the molecule is Cc1ccc(N=c2oc(-c3ccc(Cl)cc3)cs2)cc1. The second kappa shape index (κ2) is 5.65. The van der Waals surface area contributed by atoms with Crippen LogP contribution in [0.3, 0.4) is 0 Å². The maximum absolute atomic E-state index is 5.88. The standard InChI is InChI=1S/C16H12ClNOS/c1-11-2-8-14(9-3-11)18-16-19-15(10-20-16)12-4-6-13(17)7-5-12/h2-10H,1H3. The summed E-state index contributed by atoms with van der Waals surface area (Å²) in [5, 5.41) is 2.67. The summed E-state index contributed by atoms with van der Waals surface area (Å²) in [4.78, 5) is 5.11. The third-order valence-electron chi connectivity index (χ3n) is 2.85. The Labute approximate surface area is 126 Å². The van der Waals surface area contributed by atoms with Crippen LogP contribution in [-0.4, -0.2) is 0 Å². The highest BCUT2D eigenvalue weighted by Crippen LogP contribution is 2.22. The summed E-state index contributed by atoms with van der Waals surface area (Å²) >= 11 is 7.36. The van der Waals surface area contributed by atoms with Crippen LogP contribution in [0.1, 0.15) is 5.56 Å². The molecule has 1 heterocycles. The van der Waals surface area contributed by atoms with E-state index in [1.807, 2.05) is 53.9 Å². The maximum atomic E-state index is 5.88. The van der Waals surface area contributed by atoms with Gasteiger partial charge >= 0.3 is 0 Å². The molecule has 100 valence electrons. The Morgan fingerprint density at radius 1 is 1.00 bits per heavy atom. The van der Waals surface area contributed by atoms with Crippen LogP contribution >= 0.6 is 22.9 Å². The van der Waals surface area contributed by atoms with Crippen LogP contribution in [-0.2, 0) is 0 Å². The first-order valence-corrected chi connectivity index (χ1v) is 7.42. The first-order valence-electron chi connectivity index (χ1n) is 6.17. The van der Waals surface area contributed by atoms with Gasteiger partial charge in [-0.05, 0) is 43.3 Å². The highest BCUT2D eigenvalue weighted by Gasteiger charge is 2.02. The summed E-state index contributed by atoms with van der Waals surface area (Å²) in [5.41, 5.74) is 3.11. The van der Waals surface area contributed by atoms with Crippen LogP contribution in [0.15, 0.2) is 63.3 Å². The lowest BCUT2D eigenvalue weighted by Crippen LogP contribution is -1.88. The molecule has 0 spiro atoms. The summed E-state index contributed by atoms with van der Waals surface area (Å²) in [6.45, 7) is 2.05. The van der Waals surface area contributed by atoms with E-state index in [1.54, 1.807) is 0 Å². The molecule has 0 amide bonds. The molecule has 0 N–H and O–H groups in total. The lowest BCUT2D eigenvalue weighted by Gasteiger charge is -1.95. The number of rotatable bonds is 2. The third kappa shape index (κ3) is 3.00. The van der Waals surface area contributed by atoms with Crippen molar-refractivity contribution < 1.29 is 4.42 Å². The fraction of sp³-hybridized carbons (Fsp3) is 0.0625. The van der Waals surface area contributed by atoms with E-state index < -0.39 is 0 Å². The van der Waals surface area contributed by atoms with Crippen LogP contribution in [0.25, 0.3) is 11.3 Å². The van der Waals surface area contributed by atoms with Crippen molar-refractivity contribution in [2.45, 2.75) is 6.92 Å². The van der Waals surface area contributed by atoms with Gasteiger partial charge in [-0.3, -0.25) is 0 Å². The average Bonchev–Trinajstić information content (AvgIpc) is 2.91. The molecule has 2 aromatic carbocycles. The fourth-order valence-corrected chi connectivity index (χ4v) is 2.58. The summed E-state index contributed by atoms with van der Waals surface area (Å²) in [7, 11) is 0. The average molecular weight is 302 g/mol. The number of halogens is 1. The van der Waals surface area contributed by atoms with Gasteiger partial charge < -0.3 is 4.42 Å². The van der Waals surface area contributed by atoms with Gasteiger partial charge in [0.1, 0.15) is 5.76 Å². The number of hydrogen-bond donors (Lipinski definition) is 0. The second-order valence-corrected chi connectivity index (χ2v) is 5.68. The molecule has 0 radical (unpaired) electrons. The predicted octanol–water partition coefficient (Wildman–Crippen LogP) is 5.20. The lowest BCUT2D eigenvalue weighted by molar-refractivity contribution is 0.539. The summed E-state index contributed by atoms with van der Waals surface area (Å²) in [5.74, 6) is 0.803. The maximum Gasteiger partial charge on any atom is 0.279 e. The van der Waals surface area contributed by atoms with Crippen molar-refractivity contribution in [3.63, 3.8) is 0 Å². The molecule has 1 aromatic heterocycles. The predicted molar refractivity (Wildman–Crippen MR) is 83.4 cm³/mol. The van der Waals surface area contributed by atoms with Crippen LogP contribution in [0.4, 0.5) is 5.69 Å². The van der Waals surface area contributed by atoms with E-state index in [0.29, 0.717) is 9.89 Å². The molecule has 20 heavy (non-hydrogen) atoms. The Hall–Kier alpha value is -1.84. The van der Waals surface area contributed by atoms with Gasteiger partial charge in [-0.25, -0.2) is 4.99 Å². The van der Waals surface area contributed by atoms with Crippen molar-refractivity contribution in [2.75, 3.05) is 0 Å². The van der Waals surface area contributed by atoms with Gasteiger partial charge in [0.2, 0.25) is 0 Å². The molecule has 0 aliphatic rings. The van der Waals surface area contributed by atoms with Gasteiger partial charge in [-0.1, -0.05) is 40.6 Å². The summed E-state index contributed by atoms with van der Waals surface area (Å²) in [6.07, 6.45) is 0. The molecule has 0 atom stereocenters. The zero-order chi connectivity index (χ0) is 13.9. The van der Waals surface area contributed by atoms with E-state index in [1.165, 1.54) is 16.9 Å². The summed E-state index contributed by atoms with van der Waals surface area (Å²) < 4.78 is 5.75. The zero-order valence-corrected chi connectivity index (χ0v) is 12.4. The van der Waals surface area contributed by atoms with E-state index in [2.05, 4.69) is 11.9 Å². The van der Waals surface area contributed by atoms with E-state index >= 15 is 0 Å². The molecular formula is C16H12ClNOS. The molecule has 0 unspecified atom stereocenters. The monoisotopic (exact) mass is 301 g/mol. The fourth-order valence-electron chi connectivity index (χ4n) is 1.76. The van der Waals surface area contributed by atoms with Crippen molar-refractivity contribution >= 4 is 28.6 Å². The topological polar surface area (TPSA) is 25.5 Å². The zero-order valence-electron chi connectivity index (χ0n) is 10.8. The minimum absolute atomic E-state index is 0.638. The largest absolute Gasteiger partial charge is 0.429 e. The minimum atomic E-state index is 0.638. The van der Waals surface area contributed by atoms with Crippen molar-refractivity contribution in [1.82, 2.24) is 0 Å². The second-order valence-electron chi connectivity index (χ2n) is 4.42. The smallest absolute Gasteiger partial charge is 0.279 e. The Bertz CT molecular complexity index is 769. The highest BCUT2D eigenvalue weighted by molar-refractivity contribution is 7.07. The molecule has 0 fully saturated rings. The molecular weight excluding hydrogens is 290 g/mol. The van der Waals surface area contributed by atoms with E-state index in [4.69, 9.17) is 16.0 Å².